The van der Waals surface area contributed by atoms with Crippen LogP contribution in [0.4, 0.5) is 22.7 Å². The van der Waals surface area contributed by atoms with Gasteiger partial charge >= 0.3 is 0 Å². The van der Waals surface area contributed by atoms with Crippen molar-refractivity contribution in [2.45, 2.75) is 72.0 Å². The minimum atomic E-state index is 0.124. The maximum absolute atomic E-state index is 12.4. The number of para-hydroxylation sites is 1. The number of piperazine rings is 1. The van der Waals surface area contributed by atoms with E-state index in [1.807, 2.05) is 4.90 Å². The predicted molar refractivity (Wildman–Crippen MR) is 164 cm³/mol. The third-order valence-corrected chi connectivity index (χ3v) is 9.46. The van der Waals surface area contributed by atoms with E-state index in [9.17, 15) is 4.79 Å². The Kier molecular flexibility index (Phi) is 8.67. The highest BCUT2D eigenvalue weighted by atomic mass is 16.2. The molecule has 39 heavy (non-hydrogen) atoms. The SMILES string of the molecule is CCCC1(CC)CNC(Nc2ccc(N3CCN(CC)CC3)cc2)CC1Nc1cccc2c1N(C(C)=O)CC2. The summed E-state index contributed by atoms with van der Waals surface area (Å²) in [4.78, 5) is 19.4. The molecule has 0 aliphatic carbocycles. The molecule has 0 spiro atoms. The van der Waals surface area contributed by atoms with E-state index >= 15 is 0 Å². The zero-order chi connectivity index (χ0) is 27.4. The molecule has 212 valence electrons. The van der Waals surface area contributed by atoms with Crippen LogP contribution in [-0.4, -0.2) is 68.8 Å². The number of hydrogen-bond donors (Lipinski definition) is 3. The lowest BCUT2D eigenvalue weighted by molar-refractivity contribution is -0.116. The van der Waals surface area contributed by atoms with Gasteiger partial charge in [-0.05, 0) is 61.7 Å². The van der Waals surface area contributed by atoms with Crippen LogP contribution in [0, 0.1) is 5.41 Å². The summed E-state index contributed by atoms with van der Waals surface area (Å²) in [6.07, 6.45) is 5.53. The summed E-state index contributed by atoms with van der Waals surface area (Å²) in [7, 11) is 0. The first-order valence-electron chi connectivity index (χ1n) is 15.2. The summed E-state index contributed by atoms with van der Waals surface area (Å²) in [5.41, 5.74) is 6.10. The Hall–Kier alpha value is -2.77. The lowest BCUT2D eigenvalue weighted by atomic mass is 9.70. The number of benzene rings is 2. The number of fused-ring (bicyclic) bond motifs is 1. The second-order valence-corrected chi connectivity index (χ2v) is 11.7. The van der Waals surface area contributed by atoms with Gasteiger partial charge in [-0.2, -0.15) is 0 Å². The Labute approximate surface area is 235 Å². The van der Waals surface area contributed by atoms with Crippen molar-refractivity contribution in [3.05, 3.63) is 48.0 Å². The van der Waals surface area contributed by atoms with Gasteiger partial charge in [0, 0.05) is 75.4 Å². The monoisotopic (exact) mass is 532 g/mol. The van der Waals surface area contributed by atoms with Crippen molar-refractivity contribution in [1.82, 2.24) is 10.2 Å². The zero-order valence-corrected chi connectivity index (χ0v) is 24.4. The first kappa shape index (κ1) is 27.8. The van der Waals surface area contributed by atoms with Crippen LogP contribution < -0.4 is 25.8 Å². The lowest BCUT2D eigenvalue weighted by Crippen LogP contribution is -2.58. The molecule has 0 bridgehead atoms. The minimum Gasteiger partial charge on any atom is -0.380 e. The number of nitrogens with zero attached hydrogens (tertiary/aromatic N) is 3. The summed E-state index contributed by atoms with van der Waals surface area (Å²) >= 11 is 0. The van der Waals surface area contributed by atoms with Crippen LogP contribution in [0.5, 0.6) is 0 Å². The van der Waals surface area contributed by atoms with Crippen molar-refractivity contribution >= 4 is 28.7 Å². The standard InChI is InChI=1S/C32H48N6O/c1-5-16-32(6-2)23-33-30(34-26-11-13-27(14-12-26)37-20-18-36(7-3)19-21-37)22-29(32)35-28-10-8-9-25-15-17-38(24(4)39)31(25)28/h8-14,29-30,33-35H,5-7,15-23H2,1-4H3. The molecule has 1 amide bonds. The second kappa shape index (κ2) is 12.2. The summed E-state index contributed by atoms with van der Waals surface area (Å²) in [6.45, 7) is 15.9. The van der Waals surface area contributed by atoms with Gasteiger partial charge in [0.05, 0.1) is 17.5 Å². The molecule has 2 saturated heterocycles. The van der Waals surface area contributed by atoms with E-state index < -0.39 is 0 Å². The van der Waals surface area contributed by atoms with Crippen LogP contribution in [0.15, 0.2) is 42.5 Å². The number of anilines is 4. The number of carbonyl (C=O) groups excluding carboxylic acids is 1. The van der Waals surface area contributed by atoms with Crippen molar-refractivity contribution in [3.63, 3.8) is 0 Å². The smallest absolute Gasteiger partial charge is 0.223 e. The minimum absolute atomic E-state index is 0.124. The van der Waals surface area contributed by atoms with E-state index in [0.717, 1.165) is 88.6 Å². The largest absolute Gasteiger partial charge is 0.380 e. The number of likely N-dealkylation sites (N-methyl/N-ethyl adjacent to an activating group) is 1. The maximum atomic E-state index is 12.4. The molecule has 0 saturated carbocycles. The van der Waals surface area contributed by atoms with Crippen LogP contribution in [0.25, 0.3) is 0 Å². The lowest BCUT2D eigenvalue weighted by Gasteiger charge is -2.48. The van der Waals surface area contributed by atoms with Crippen LogP contribution in [0.3, 0.4) is 0 Å². The van der Waals surface area contributed by atoms with E-state index in [1.165, 1.54) is 17.7 Å². The first-order chi connectivity index (χ1) is 19.0. The highest BCUT2D eigenvalue weighted by molar-refractivity contribution is 5.98. The average molecular weight is 533 g/mol. The predicted octanol–water partition coefficient (Wildman–Crippen LogP) is 5.15. The first-order valence-corrected chi connectivity index (χ1v) is 15.2. The zero-order valence-electron chi connectivity index (χ0n) is 24.4. The van der Waals surface area contributed by atoms with E-state index in [2.05, 4.69) is 89.0 Å². The van der Waals surface area contributed by atoms with Gasteiger partial charge in [0.1, 0.15) is 0 Å². The topological polar surface area (TPSA) is 62.9 Å². The Morgan fingerprint density at radius 3 is 2.44 bits per heavy atom. The van der Waals surface area contributed by atoms with Crippen molar-refractivity contribution in [3.8, 4) is 0 Å². The molecule has 2 aromatic carbocycles. The highest BCUT2D eigenvalue weighted by Gasteiger charge is 2.42. The summed E-state index contributed by atoms with van der Waals surface area (Å²) < 4.78 is 0. The Morgan fingerprint density at radius 1 is 1.00 bits per heavy atom. The molecule has 2 aromatic rings. The molecule has 5 rings (SSSR count). The van der Waals surface area contributed by atoms with Gasteiger partial charge in [-0.3, -0.25) is 10.1 Å². The van der Waals surface area contributed by atoms with E-state index in [1.54, 1.807) is 6.92 Å². The molecule has 0 radical (unpaired) electrons. The van der Waals surface area contributed by atoms with Crippen molar-refractivity contribution in [2.24, 2.45) is 5.41 Å². The van der Waals surface area contributed by atoms with Crippen LogP contribution >= 0.6 is 0 Å². The van der Waals surface area contributed by atoms with Gasteiger partial charge in [-0.15, -0.1) is 0 Å². The molecule has 3 unspecified atom stereocenters. The summed E-state index contributed by atoms with van der Waals surface area (Å²) in [5, 5.41) is 11.6. The van der Waals surface area contributed by atoms with E-state index in [4.69, 9.17) is 0 Å². The Morgan fingerprint density at radius 2 is 1.77 bits per heavy atom. The number of piperidine rings is 1. The highest BCUT2D eigenvalue weighted by Crippen LogP contribution is 2.42. The van der Waals surface area contributed by atoms with Gasteiger partial charge in [-0.25, -0.2) is 0 Å². The van der Waals surface area contributed by atoms with Gasteiger partial charge in [0.25, 0.3) is 0 Å². The van der Waals surface area contributed by atoms with Crippen LogP contribution in [0.1, 0.15) is 58.9 Å². The summed E-state index contributed by atoms with van der Waals surface area (Å²) in [5.74, 6) is 0.124. The third kappa shape index (κ3) is 5.90. The maximum Gasteiger partial charge on any atom is 0.223 e. The van der Waals surface area contributed by atoms with Crippen LogP contribution in [-0.2, 0) is 11.2 Å². The summed E-state index contributed by atoms with van der Waals surface area (Å²) in [6, 6.07) is 15.8. The number of nitrogens with one attached hydrogen (secondary N) is 3. The number of carbonyl (C=O) groups is 1. The van der Waals surface area contributed by atoms with Crippen molar-refractivity contribution < 1.29 is 4.79 Å². The van der Waals surface area contributed by atoms with Gasteiger partial charge in [-0.1, -0.05) is 39.3 Å². The fourth-order valence-corrected chi connectivity index (χ4v) is 7.02. The molecule has 0 aromatic heterocycles. The van der Waals surface area contributed by atoms with E-state index in [0.29, 0.717) is 6.04 Å². The molecule has 3 atom stereocenters. The van der Waals surface area contributed by atoms with Gasteiger partial charge in [0.2, 0.25) is 5.91 Å². The average Bonchev–Trinajstić information content (AvgIpc) is 3.41. The second-order valence-electron chi connectivity index (χ2n) is 11.7. The van der Waals surface area contributed by atoms with Gasteiger partial charge in [0.15, 0.2) is 0 Å². The Bertz CT molecular complexity index is 1110. The third-order valence-electron chi connectivity index (χ3n) is 9.46. The molecule has 3 aliphatic rings. The fourth-order valence-electron chi connectivity index (χ4n) is 7.02. The molecule has 2 fully saturated rings. The molecular formula is C32H48N6O. The number of amides is 1. The normalized spacial score (nSPS) is 25.4. The number of hydrogen-bond acceptors (Lipinski definition) is 6. The van der Waals surface area contributed by atoms with Crippen LogP contribution in [0.2, 0.25) is 0 Å². The quantitative estimate of drug-likeness (QED) is 0.415. The molecule has 3 heterocycles. The number of rotatable bonds is 9. The molecule has 7 nitrogen and oxygen atoms in total. The molecule has 3 aliphatic heterocycles. The molecule has 7 heteroatoms. The Balaban J connectivity index is 1.30. The molecule has 3 N–H and O–H groups in total. The fraction of sp³-hybridized carbons (Fsp3) is 0.594. The molecular weight excluding hydrogens is 484 g/mol. The van der Waals surface area contributed by atoms with Crippen molar-refractivity contribution in [2.75, 3.05) is 66.2 Å². The van der Waals surface area contributed by atoms with Gasteiger partial charge < -0.3 is 25.3 Å². The van der Waals surface area contributed by atoms with E-state index in [-0.39, 0.29) is 17.5 Å². The van der Waals surface area contributed by atoms with Crippen molar-refractivity contribution in [1.29, 1.82) is 0 Å².